The molecule has 0 bridgehead atoms. The topological polar surface area (TPSA) is 78.4 Å². The van der Waals surface area contributed by atoms with Crippen LogP contribution in [0.4, 0.5) is 14.5 Å². The van der Waals surface area contributed by atoms with Gasteiger partial charge in [-0.25, -0.2) is 13.6 Å². The number of hydrogen-bond acceptors (Lipinski definition) is 3. The van der Waals surface area contributed by atoms with Gasteiger partial charge in [0.2, 0.25) is 5.91 Å². The smallest absolute Gasteiger partial charge is 0.338 e. The number of nitrogens with one attached hydrogen (secondary N) is 2. The lowest BCUT2D eigenvalue weighted by Gasteiger charge is -2.15. The van der Waals surface area contributed by atoms with Crippen molar-refractivity contribution < 1.29 is 23.5 Å². The van der Waals surface area contributed by atoms with Crippen LogP contribution in [0.5, 0.6) is 0 Å². The van der Waals surface area contributed by atoms with Crippen LogP contribution in [0.1, 0.15) is 23.7 Å². The van der Waals surface area contributed by atoms with Crippen molar-refractivity contribution in [2.24, 2.45) is 5.92 Å². The quantitative estimate of drug-likeness (QED) is 0.787. The Morgan fingerprint density at radius 1 is 1.35 bits per heavy atom. The lowest BCUT2D eigenvalue weighted by molar-refractivity contribution is -0.120. The predicted molar refractivity (Wildman–Crippen MR) is 67.5 cm³/mol. The molecule has 2 atom stereocenters. The van der Waals surface area contributed by atoms with E-state index in [2.05, 4.69) is 10.6 Å². The van der Waals surface area contributed by atoms with Gasteiger partial charge in [0.15, 0.2) is 0 Å². The van der Waals surface area contributed by atoms with Gasteiger partial charge in [0, 0.05) is 12.1 Å². The second-order valence-electron chi connectivity index (χ2n) is 4.74. The summed E-state index contributed by atoms with van der Waals surface area (Å²) in [6.07, 6.45) is 0.613. The van der Waals surface area contributed by atoms with Crippen molar-refractivity contribution in [1.29, 1.82) is 0 Å². The van der Waals surface area contributed by atoms with Crippen LogP contribution in [0.2, 0.25) is 0 Å². The predicted octanol–water partition coefficient (Wildman–Crippen LogP) is 1.60. The van der Waals surface area contributed by atoms with E-state index >= 15 is 0 Å². The Morgan fingerprint density at radius 3 is 2.60 bits per heavy atom. The van der Waals surface area contributed by atoms with Crippen LogP contribution in [0.15, 0.2) is 12.1 Å². The SMILES string of the molecule is CC1NCCC1C(=O)Nc1cc(C(=O)O)c(F)cc1F. The summed E-state index contributed by atoms with van der Waals surface area (Å²) < 4.78 is 26.8. The van der Waals surface area contributed by atoms with Gasteiger partial charge in [0.25, 0.3) is 0 Å². The number of anilines is 1. The lowest BCUT2D eigenvalue weighted by Crippen LogP contribution is -2.32. The summed E-state index contributed by atoms with van der Waals surface area (Å²) in [6.45, 7) is 2.52. The van der Waals surface area contributed by atoms with Crippen LogP contribution in [0.25, 0.3) is 0 Å². The number of carboxylic acid groups (broad SMARTS) is 1. The van der Waals surface area contributed by atoms with Gasteiger partial charge in [-0.1, -0.05) is 0 Å². The molecule has 1 heterocycles. The zero-order valence-electron chi connectivity index (χ0n) is 10.7. The van der Waals surface area contributed by atoms with E-state index in [9.17, 15) is 18.4 Å². The number of hydrogen-bond donors (Lipinski definition) is 3. The number of carboxylic acids is 1. The molecule has 0 aliphatic carbocycles. The largest absolute Gasteiger partial charge is 0.478 e. The van der Waals surface area contributed by atoms with Crippen LogP contribution >= 0.6 is 0 Å². The Labute approximate surface area is 114 Å². The van der Waals surface area contributed by atoms with Gasteiger partial charge in [-0.3, -0.25) is 4.79 Å². The van der Waals surface area contributed by atoms with Crippen LogP contribution in [-0.2, 0) is 4.79 Å². The maximum atomic E-state index is 13.6. The first-order valence-corrected chi connectivity index (χ1v) is 6.16. The molecule has 1 saturated heterocycles. The zero-order chi connectivity index (χ0) is 14.9. The average Bonchev–Trinajstić information content (AvgIpc) is 2.78. The highest BCUT2D eigenvalue weighted by molar-refractivity contribution is 5.95. The van der Waals surface area contributed by atoms with E-state index in [1.54, 1.807) is 0 Å². The fraction of sp³-hybridized carbons (Fsp3) is 0.385. The normalized spacial score (nSPS) is 21.8. The lowest BCUT2D eigenvalue weighted by atomic mass is 10.0. The van der Waals surface area contributed by atoms with Crippen molar-refractivity contribution in [2.75, 3.05) is 11.9 Å². The van der Waals surface area contributed by atoms with Gasteiger partial charge in [-0.05, 0) is 26.0 Å². The molecule has 1 amide bonds. The Hall–Kier alpha value is -2.02. The molecular weight excluding hydrogens is 270 g/mol. The monoisotopic (exact) mass is 284 g/mol. The van der Waals surface area contributed by atoms with Crippen LogP contribution < -0.4 is 10.6 Å². The van der Waals surface area contributed by atoms with E-state index in [1.807, 2.05) is 6.92 Å². The number of amides is 1. The second-order valence-corrected chi connectivity index (χ2v) is 4.74. The van der Waals surface area contributed by atoms with Crippen LogP contribution in [0.3, 0.4) is 0 Å². The summed E-state index contributed by atoms with van der Waals surface area (Å²) in [4.78, 5) is 22.8. The molecule has 0 saturated carbocycles. The molecule has 1 fully saturated rings. The molecule has 108 valence electrons. The fourth-order valence-corrected chi connectivity index (χ4v) is 2.25. The molecule has 0 spiro atoms. The number of benzene rings is 1. The minimum atomic E-state index is -1.52. The van der Waals surface area contributed by atoms with Crippen LogP contribution in [-0.4, -0.2) is 29.6 Å². The molecule has 1 aromatic rings. The first-order chi connectivity index (χ1) is 9.40. The van der Waals surface area contributed by atoms with Gasteiger partial charge in [-0.2, -0.15) is 0 Å². The van der Waals surface area contributed by atoms with Crippen molar-refractivity contribution in [3.8, 4) is 0 Å². The molecule has 7 heteroatoms. The van der Waals surface area contributed by atoms with E-state index in [0.29, 0.717) is 19.0 Å². The third-order valence-corrected chi connectivity index (χ3v) is 3.41. The van der Waals surface area contributed by atoms with Crippen molar-refractivity contribution in [3.63, 3.8) is 0 Å². The molecule has 1 aliphatic heterocycles. The second kappa shape index (κ2) is 5.54. The Balaban J connectivity index is 2.22. The summed E-state index contributed by atoms with van der Waals surface area (Å²) in [5.74, 6) is -4.44. The molecule has 0 radical (unpaired) electrons. The minimum Gasteiger partial charge on any atom is -0.478 e. The first kappa shape index (κ1) is 14.4. The van der Waals surface area contributed by atoms with Crippen LogP contribution in [0, 0.1) is 17.6 Å². The van der Waals surface area contributed by atoms with Crippen molar-refractivity contribution in [1.82, 2.24) is 5.32 Å². The average molecular weight is 284 g/mol. The standard InChI is InChI=1S/C13H14F2N2O3/c1-6-7(2-3-16-6)12(18)17-11-4-8(13(19)20)9(14)5-10(11)15/h4-7,16H,2-3H2,1H3,(H,17,18)(H,19,20). The molecule has 1 aromatic carbocycles. The molecule has 3 N–H and O–H groups in total. The Kier molecular flexibility index (Phi) is 3.99. The van der Waals surface area contributed by atoms with Gasteiger partial charge in [0.1, 0.15) is 11.6 Å². The molecular formula is C13H14F2N2O3. The van der Waals surface area contributed by atoms with E-state index in [4.69, 9.17) is 5.11 Å². The van der Waals surface area contributed by atoms with Gasteiger partial charge in [-0.15, -0.1) is 0 Å². The van der Waals surface area contributed by atoms with E-state index in [1.165, 1.54) is 0 Å². The molecule has 2 rings (SSSR count). The number of rotatable bonds is 3. The fourth-order valence-electron chi connectivity index (χ4n) is 2.25. The summed E-state index contributed by atoms with van der Waals surface area (Å²) >= 11 is 0. The van der Waals surface area contributed by atoms with E-state index in [0.717, 1.165) is 6.07 Å². The summed E-state index contributed by atoms with van der Waals surface area (Å²) in [6, 6.07) is 1.20. The molecule has 5 nitrogen and oxygen atoms in total. The van der Waals surface area contributed by atoms with Crippen molar-refractivity contribution in [2.45, 2.75) is 19.4 Å². The van der Waals surface area contributed by atoms with Crippen molar-refractivity contribution >= 4 is 17.6 Å². The highest BCUT2D eigenvalue weighted by atomic mass is 19.1. The highest BCUT2D eigenvalue weighted by Crippen LogP contribution is 2.22. The molecule has 20 heavy (non-hydrogen) atoms. The number of aromatic carboxylic acids is 1. The maximum absolute atomic E-state index is 13.6. The maximum Gasteiger partial charge on any atom is 0.338 e. The minimum absolute atomic E-state index is 0.0440. The third-order valence-electron chi connectivity index (χ3n) is 3.41. The molecule has 2 unspecified atom stereocenters. The summed E-state index contributed by atoms with van der Waals surface area (Å²) in [7, 11) is 0. The number of halogens is 2. The van der Waals surface area contributed by atoms with Crippen molar-refractivity contribution in [3.05, 3.63) is 29.3 Å². The first-order valence-electron chi connectivity index (χ1n) is 6.16. The number of carbonyl (C=O) groups is 2. The van der Waals surface area contributed by atoms with E-state index < -0.39 is 29.1 Å². The van der Waals surface area contributed by atoms with Gasteiger partial charge in [0.05, 0.1) is 17.2 Å². The summed E-state index contributed by atoms with van der Waals surface area (Å²) in [5, 5.41) is 14.2. The third kappa shape index (κ3) is 2.77. The summed E-state index contributed by atoms with van der Waals surface area (Å²) in [5.41, 5.74) is -1.01. The zero-order valence-corrected chi connectivity index (χ0v) is 10.7. The van der Waals surface area contributed by atoms with Gasteiger partial charge >= 0.3 is 5.97 Å². The highest BCUT2D eigenvalue weighted by Gasteiger charge is 2.30. The molecule has 0 aromatic heterocycles. The molecule has 1 aliphatic rings. The van der Waals surface area contributed by atoms with Gasteiger partial charge < -0.3 is 15.7 Å². The Bertz CT molecular complexity index is 563. The Morgan fingerprint density at radius 2 is 2.05 bits per heavy atom. The number of carbonyl (C=O) groups excluding carboxylic acids is 1. The van der Waals surface area contributed by atoms with E-state index in [-0.39, 0.29) is 17.6 Å².